The fourth-order valence-corrected chi connectivity index (χ4v) is 1.81. The van der Waals surface area contributed by atoms with Gasteiger partial charge in [-0.15, -0.1) is 0 Å². The number of rotatable bonds is 7. The van der Waals surface area contributed by atoms with E-state index in [4.69, 9.17) is 4.74 Å². The van der Waals surface area contributed by atoms with E-state index in [1.54, 1.807) is 0 Å². The molecule has 0 aliphatic carbocycles. The highest BCUT2D eigenvalue weighted by molar-refractivity contribution is 5.28. The number of hydrogen-bond donors (Lipinski definition) is 2. The third-order valence-electron chi connectivity index (χ3n) is 2.83. The largest absolute Gasteiger partial charge is 0.389 e. The van der Waals surface area contributed by atoms with E-state index in [0.29, 0.717) is 19.8 Å². The van der Waals surface area contributed by atoms with Crippen LogP contribution in [-0.4, -0.2) is 31.0 Å². The highest BCUT2D eigenvalue weighted by atomic mass is 16.5. The molecule has 0 aliphatic heterocycles. The molecule has 1 aromatic rings. The number of nitrogens with one attached hydrogen (secondary N) is 1. The second-order valence-electron chi connectivity index (χ2n) is 4.30. The predicted octanol–water partition coefficient (Wildman–Crippen LogP) is 2.04. The monoisotopic (exact) mass is 237 g/mol. The molecule has 0 saturated heterocycles. The molecule has 0 bridgehead atoms. The highest BCUT2D eigenvalue weighted by Gasteiger charge is 2.10. The van der Waals surface area contributed by atoms with Gasteiger partial charge < -0.3 is 15.2 Å². The minimum Gasteiger partial charge on any atom is -0.389 e. The van der Waals surface area contributed by atoms with E-state index in [2.05, 4.69) is 31.3 Å². The summed E-state index contributed by atoms with van der Waals surface area (Å²) in [5.74, 6) is 0. The quantitative estimate of drug-likeness (QED) is 0.762. The Morgan fingerprint density at radius 1 is 1.35 bits per heavy atom. The van der Waals surface area contributed by atoms with Crippen LogP contribution in [-0.2, 0) is 4.74 Å². The molecule has 96 valence electrons. The lowest BCUT2D eigenvalue weighted by Gasteiger charge is -2.19. The Balaban J connectivity index is 2.39. The number of benzene rings is 1. The first kappa shape index (κ1) is 14.2. The van der Waals surface area contributed by atoms with Crippen molar-refractivity contribution in [3.63, 3.8) is 0 Å². The number of aliphatic hydroxyl groups is 1. The van der Waals surface area contributed by atoms with E-state index in [9.17, 15) is 5.11 Å². The van der Waals surface area contributed by atoms with Crippen molar-refractivity contribution < 1.29 is 9.84 Å². The second kappa shape index (κ2) is 7.43. The summed E-state index contributed by atoms with van der Waals surface area (Å²) in [7, 11) is 0. The van der Waals surface area contributed by atoms with E-state index in [1.807, 2.05) is 19.1 Å². The average molecular weight is 237 g/mol. The molecule has 17 heavy (non-hydrogen) atoms. The Morgan fingerprint density at radius 3 is 2.71 bits per heavy atom. The first-order chi connectivity index (χ1) is 8.15. The van der Waals surface area contributed by atoms with Gasteiger partial charge in [0.15, 0.2) is 0 Å². The van der Waals surface area contributed by atoms with Crippen molar-refractivity contribution in [2.45, 2.75) is 32.9 Å². The molecular formula is C14H23NO2. The Kier molecular flexibility index (Phi) is 6.19. The van der Waals surface area contributed by atoms with Crippen molar-refractivity contribution in [1.29, 1.82) is 0 Å². The third kappa shape index (κ3) is 4.86. The summed E-state index contributed by atoms with van der Waals surface area (Å²) in [5, 5.41) is 13.0. The normalized spacial score (nSPS) is 14.6. The zero-order valence-electron chi connectivity index (χ0n) is 10.9. The van der Waals surface area contributed by atoms with Crippen LogP contribution in [0.1, 0.15) is 31.0 Å². The van der Waals surface area contributed by atoms with Gasteiger partial charge in [0.05, 0.1) is 12.7 Å². The zero-order valence-corrected chi connectivity index (χ0v) is 10.9. The van der Waals surface area contributed by atoms with Crippen LogP contribution in [0, 0.1) is 6.92 Å². The van der Waals surface area contributed by atoms with E-state index in [-0.39, 0.29) is 6.04 Å². The third-order valence-corrected chi connectivity index (χ3v) is 2.83. The van der Waals surface area contributed by atoms with E-state index < -0.39 is 6.10 Å². The van der Waals surface area contributed by atoms with Crippen LogP contribution >= 0.6 is 0 Å². The summed E-state index contributed by atoms with van der Waals surface area (Å²) in [6, 6.07) is 8.53. The zero-order chi connectivity index (χ0) is 12.7. The van der Waals surface area contributed by atoms with Crippen LogP contribution < -0.4 is 5.32 Å². The number of hydrogen-bond acceptors (Lipinski definition) is 3. The van der Waals surface area contributed by atoms with E-state index in [1.165, 1.54) is 11.1 Å². The Bertz CT molecular complexity index is 328. The van der Waals surface area contributed by atoms with Crippen molar-refractivity contribution >= 4 is 0 Å². The van der Waals surface area contributed by atoms with Crippen molar-refractivity contribution in [3.05, 3.63) is 35.4 Å². The molecule has 0 aliphatic rings. The van der Waals surface area contributed by atoms with Crippen molar-refractivity contribution in [1.82, 2.24) is 5.32 Å². The predicted molar refractivity (Wildman–Crippen MR) is 70.1 cm³/mol. The molecule has 0 saturated carbocycles. The maximum absolute atomic E-state index is 9.66. The first-order valence-corrected chi connectivity index (χ1v) is 6.19. The first-order valence-electron chi connectivity index (χ1n) is 6.19. The lowest BCUT2D eigenvalue weighted by atomic mass is 10.0. The van der Waals surface area contributed by atoms with Crippen molar-refractivity contribution in [2.24, 2.45) is 0 Å². The molecule has 0 aromatic heterocycles. The maximum Gasteiger partial charge on any atom is 0.0897 e. The molecule has 1 rings (SSSR count). The average Bonchev–Trinajstić information content (AvgIpc) is 2.34. The smallest absolute Gasteiger partial charge is 0.0897 e. The maximum atomic E-state index is 9.66. The number of ether oxygens (including phenoxy) is 1. The Labute approximate surface area is 104 Å². The number of aryl methyl sites for hydroxylation is 1. The lowest BCUT2D eigenvalue weighted by Crippen LogP contribution is -2.32. The van der Waals surface area contributed by atoms with E-state index >= 15 is 0 Å². The van der Waals surface area contributed by atoms with Crippen molar-refractivity contribution in [3.8, 4) is 0 Å². The van der Waals surface area contributed by atoms with Crippen LogP contribution in [0.25, 0.3) is 0 Å². The van der Waals surface area contributed by atoms with Gasteiger partial charge >= 0.3 is 0 Å². The summed E-state index contributed by atoms with van der Waals surface area (Å²) in [6.07, 6.45) is -0.443. The van der Waals surface area contributed by atoms with Crippen LogP contribution in [0.4, 0.5) is 0 Å². The molecule has 0 amide bonds. The topological polar surface area (TPSA) is 41.5 Å². The van der Waals surface area contributed by atoms with Gasteiger partial charge in [0.1, 0.15) is 0 Å². The lowest BCUT2D eigenvalue weighted by molar-refractivity contribution is 0.0416. The van der Waals surface area contributed by atoms with Gasteiger partial charge in [-0.2, -0.15) is 0 Å². The fraction of sp³-hybridized carbons (Fsp3) is 0.571. The number of aliphatic hydroxyl groups excluding tert-OH is 1. The van der Waals surface area contributed by atoms with Crippen LogP contribution in [0.2, 0.25) is 0 Å². The molecule has 0 radical (unpaired) electrons. The SMILES string of the molecule is CCOCC(O)CN[C@H](C)c1ccccc1C. The Morgan fingerprint density at radius 2 is 2.06 bits per heavy atom. The second-order valence-corrected chi connectivity index (χ2v) is 4.30. The fourth-order valence-electron chi connectivity index (χ4n) is 1.81. The summed E-state index contributed by atoms with van der Waals surface area (Å²) >= 11 is 0. The molecule has 1 aromatic carbocycles. The summed E-state index contributed by atoms with van der Waals surface area (Å²) in [4.78, 5) is 0. The summed E-state index contributed by atoms with van der Waals surface area (Å²) in [6.45, 7) is 7.72. The molecule has 0 fully saturated rings. The van der Waals surface area contributed by atoms with E-state index in [0.717, 1.165) is 0 Å². The van der Waals surface area contributed by atoms with Gasteiger partial charge in [-0.05, 0) is 31.9 Å². The molecule has 2 N–H and O–H groups in total. The molecule has 2 atom stereocenters. The molecule has 3 nitrogen and oxygen atoms in total. The van der Waals surface area contributed by atoms with Gasteiger partial charge in [-0.25, -0.2) is 0 Å². The molecular weight excluding hydrogens is 214 g/mol. The molecule has 0 heterocycles. The minimum absolute atomic E-state index is 0.243. The highest BCUT2D eigenvalue weighted by Crippen LogP contribution is 2.16. The molecule has 1 unspecified atom stereocenters. The van der Waals surface area contributed by atoms with Crippen LogP contribution in [0.3, 0.4) is 0 Å². The van der Waals surface area contributed by atoms with Gasteiger partial charge in [0.25, 0.3) is 0 Å². The van der Waals surface area contributed by atoms with Gasteiger partial charge in [-0.1, -0.05) is 24.3 Å². The van der Waals surface area contributed by atoms with Gasteiger partial charge in [-0.3, -0.25) is 0 Å². The van der Waals surface area contributed by atoms with Crippen LogP contribution in [0.15, 0.2) is 24.3 Å². The molecule has 3 heteroatoms. The molecule has 0 spiro atoms. The van der Waals surface area contributed by atoms with Gasteiger partial charge in [0.2, 0.25) is 0 Å². The summed E-state index contributed by atoms with van der Waals surface area (Å²) < 4.78 is 5.17. The van der Waals surface area contributed by atoms with Crippen LogP contribution in [0.5, 0.6) is 0 Å². The summed E-state index contributed by atoms with van der Waals surface area (Å²) in [5.41, 5.74) is 2.54. The minimum atomic E-state index is -0.443. The van der Waals surface area contributed by atoms with Crippen molar-refractivity contribution in [2.75, 3.05) is 19.8 Å². The Hall–Kier alpha value is -0.900. The standard InChI is InChI=1S/C14H23NO2/c1-4-17-10-13(16)9-15-12(3)14-8-6-5-7-11(14)2/h5-8,12-13,15-16H,4,9-10H2,1-3H3/t12-,13?/m1/s1. The van der Waals surface area contributed by atoms with Gasteiger partial charge in [0, 0.05) is 19.2 Å².